The Morgan fingerprint density at radius 1 is 1.29 bits per heavy atom. The van der Waals surface area contributed by atoms with Crippen LogP contribution in [0, 0.1) is 6.92 Å². The van der Waals surface area contributed by atoms with Gasteiger partial charge in [-0.25, -0.2) is 4.98 Å². The fraction of sp³-hybridized carbons (Fsp3) is 0.143. The third-order valence-corrected chi connectivity index (χ3v) is 2.71. The van der Waals surface area contributed by atoms with E-state index in [1.54, 1.807) is 12.4 Å². The van der Waals surface area contributed by atoms with Crippen molar-refractivity contribution in [3.63, 3.8) is 0 Å². The summed E-state index contributed by atoms with van der Waals surface area (Å²) in [5.41, 5.74) is 3.97. The molecular weight excluding hydrogens is 212 g/mol. The topological polar surface area (TPSA) is 38.4 Å². The average Bonchev–Trinajstić information content (AvgIpc) is 2.57. The van der Waals surface area contributed by atoms with Crippen molar-refractivity contribution in [2.75, 3.05) is 0 Å². The standard InChI is InChI=1S/C14H12N2O/c1-10-4-5-12-13(9-10)17-14(16-12)11-3-2-7-15-8-6-11/h2,4-9H,3H2,1H3. The summed E-state index contributed by atoms with van der Waals surface area (Å²) in [6, 6.07) is 6.03. The molecule has 0 saturated carbocycles. The molecule has 0 fully saturated rings. The molecule has 3 rings (SSSR count). The second kappa shape index (κ2) is 4.01. The molecule has 0 spiro atoms. The van der Waals surface area contributed by atoms with Crippen molar-refractivity contribution in [2.45, 2.75) is 13.3 Å². The summed E-state index contributed by atoms with van der Waals surface area (Å²) in [6.45, 7) is 2.04. The van der Waals surface area contributed by atoms with Gasteiger partial charge >= 0.3 is 0 Å². The second-order valence-corrected chi connectivity index (χ2v) is 4.07. The fourth-order valence-electron chi connectivity index (χ4n) is 1.82. The highest BCUT2D eigenvalue weighted by atomic mass is 16.3. The number of nitrogens with zero attached hydrogens (tertiary/aromatic N) is 2. The van der Waals surface area contributed by atoms with E-state index in [-0.39, 0.29) is 0 Å². The molecule has 0 saturated heterocycles. The van der Waals surface area contributed by atoms with Gasteiger partial charge in [0.2, 0.25) is 5.89 Å². The highest BCUT2D eigenvalue weighted by molar-refractivity contribution is 5.86. The summed E-state index contributed by atoms with van der Waals surface area (Å²) in [5, 5.41) is 0. The first-order valence-electron chi connectivity index (χ1n) is 5.58. The first-order chi connectivity index (χ1) is 8.33. The van der Waals surface area contributed by atoms with Crippen LogP contribution in [0.2, 0.25) is 0 Å². The van der Waals surface area contributed by atoms with Crippen LogP contribution in [0.5, 0.6) is 0 Å². The minimum absolute atomic E-state index is 0.684. The van der Waals surface area contributed by atoms with E-state index in [0.29, 0.717) is 5.89 Å². The van der Waals surface area contributed by atoms with Crippen molar-refractivity contribution in [1.82, 2.24) is 4.98 Å². The van der Waals surface area contributed by atoms with E-state index in [4.69, 9.17) is 4.42 Å². The number of benzene rings is 1. The second-order valence-electron chi connectivity index (χ2n) is 4.07. The Balaban J connectivity index is 2.09. The summed E-state index contributed by atoms with van der Waals surface area (Å²) < 4.78 is 5.77. The van der Waals surface area contributed by atoms with Crippen LogP contribution in [-0.4, -0.2) is 11.2 Å². The van der Waals surface area contributed by atoms with Crippen molar-refractivity contribution in [2.24, 2.45) is 4.99 Å². The number of aliphatic imine (C=N–C) groups is 1. The molecule has 0 amide bonds. The summed E-state index contributed by atoms with van der Waals surface area (Å²) in [5.74, 6) is 0.684. The summed E-state index contributed by atoms with van der Waals surface area (Å²) in [7, 11) is 0. The van der Waals surface area contributed by atoms with Gasteiger partial charge in [0, 0.05) is 18.0 Å². The minimum atomic E-state index is 0.684. The van der Waals surface area contributed by atoms with Gasteiger partial charge in [-0.05, 0) is 37.1 Å². The highest BCUT2D eigenvalue weighted by Crippen LogP contribution is 2.24. The number of fused-ring (bicyclic) bond motifs is 1. The van der Waals surface area contributed by atoms with E-state index < -0.39 is 0 Å². The number of hydrogen-bond donors (Lipinski definition) is 0. The van der Waals surface area contributed by atoms with Crippen LogP contribution < -0.4 is 0 Å². The first-order valence-corrected chi connectivity index (χ1v) is 5.58. The molecule has 2 heterocycles. The fourth-order valence-corrected chi connectivity index (χ4v) is 1.82. The number of oxazole rings is 1. The van der Waals surface area contributed by atoms with Crippen LogP contribution >= 0.6 is 0 Å². The lowest BCUT2D eigenvalue weighted by atomic mass is 10.2. The molecule has 0 atom stereocenters. The summed E-state index contributed by atoms with van der Waals surface area (Å²) >= 11 is 0. The molecule has 3 heteroatoms. The van der Waals surface area contributed by atoms with Crippen LogP contribution in [0.15, 0.2) is 46.0 Å². The molecular formula is C14H12N2O. The molecule has 1 aromatic heterocycles. The number of allylic oxidation sites excluding steroid dienone is 3. The van der Waals surface area contributed by atoms with Gasteiger partial charge in [0.1, 0.15) is 5.52 Å². The number of aryl methyl sites for hydroxylation is 1. The monoisotopic (exact) mass is 224 g/mol. The number of hydrogen-bond acceptors (Lipinski definition) is 3. The minimum Gasteiger partial charge on any atom is -0.436 e. The van der Waals surface area contributed by atoms with Gasteiger partial charge < -0.3 is 4.42 Å². The van der Waals surface area contributed by atoms with Crippen LogP contribution in [-0.2, 0) is 0 Å². The molecule has 3 nitrogen and oxygen atoms in total. The molecule has 0 N–H and O–H groups in total. The van der Waals surface area contributed by atoms with Crippen molar-refractivity contribution in [1.29, 1.82) is 0 Å². The van der Waals surface area contributed by atoms with Crippen LogP contribution in [0.3, 0.4) is 0 Å². The van der Waals surface area contributed by atoms with Crippen molar-refractivity contribution in [3.05, 3.63) is 48.0 Å². The zero-order chi connectivity index (χ0) is 11.7. The van der Waals surface area contributed by atoms with Gasteiger partial charge in [-0.3, -0.25) is 4.99 Å². The predicted octanol–water partition coefficient (Wildman–Crippen LogP) is 3.51. The largest absolute Gasteiger partial charge is 0.436 e. The lowest BCUT2D eigenvalue weighted by Gasteiger charge is -1.94. The van der Waals surface area contributed by atoms with E-state index in [1.165, 1.54) is 5.56 Å². The third kappa shape index (κ3) is 1.91. The van der Waals surface area contributed by atoms with E-state index in [2.05, 4.69) is 9.98 Å². The van der Waals surface area contributed by atoms with Crippen LogP contribution in [0.4, 0.5) is 0 Å². The Kier molecular flexibility index (Phi) is 2.37. The first kappa shape index (κ1) is 10.0. The molecule has 84 valence electrons. The maximum atomic E-state index is 5.77. The van der Waals surface area contributed by atoms with Gasteiger partial charge in [0.05, 0.1) is 0 Å². The van der Waals surface area contributed by atoms with Crippen molar-refractivity contribution in [3.8, 4) is 0 Å². The van der Waals surface area contributed by atoms with Crippen molar-refractivity contribution < 1.29 is 4.42 Å². The Bertz CT molecular complexity index is 647. The van der Waals surface area contributed by atoms with E-state index in [0.717, 1.165) is 23.1 Å². The Hall–Kier alpha value is -2.16. The Morgan fingerprint density at radius 3 is 3.18 bits per heavy atom. The average molecular weight is 224 g/mol. The molecule has 0 aliphatic carbocycles. The van der Waals surface area contributed by atoms with Gasteiger partial charge in [-0.1, -0.05) is 12.1 Å². The number of aromatic nitrogens is 1. The zero-order valence-corrected chi connectivity index (χ0v) is 9.55. The molecule has 1 aliphatic heterocycles. The summed E-state index contributed by atoms with van der Waals surface area (Å²) in [6.07, 6.45) is 8.29. The number of rotatable bonds is 1. The Labute approximate surface area is 99.2 Å². The van der Waals surface area contributed by atoms with E-state index >= 15 is 0 Å². The molecule has 0 bridgehead atoms. The highest BCUT2D eigenvalue weighted by Gasteiger charge is 2.10. The lowest BCUT2D eigenvalue weighted by molar-refractivity contribution is 0.582. The summed E-state index contributed by atoms with van der Waals surface area (Å²) in [4.78, 5) is 8.55. The molecule has 17 heavy (non-hydrogen) atoms. The molecule has 0 radical (unpaired) electrons. The quantitative estimate of drug-likeness (QED) is 0.743. The van der Waals surface area contributed by atoms with Gasteiger partial charge in [-0.2, -0.15) is 0 Å². The maximum Gasteiger partial charge on any atom is 0.223 e. The maximum absolute atomic E-state index is 5.77. The van der Waals surface area contributed by atoms with E-state index in [9.17, 15) is 0 Å². The zero-order valence-electron chi connectivity index (χ0n) is 9.55. The lowest BCUT2D eigenvalue weighted by Crippen LogP contribution is -1.82. The van der Waals surface area contributed by atoms with Gasteiger partial charge in [0.15, 0.2) is 5.58 Å². The smallest absolute Gasteiger partial charge is 0.223 e. The molecule has 2 aromatic rings. The van der Waals surface area contributed by atoms with Gasteiger partial charge in [-0.15, -0.1) is 0 Å². The van der Waals surface area contributed by atoms with Crippen LogP contribution in [0.25, 0.3) is 16.7 Å². The van der Waals surface area contributed by atoms with E-state index in [1.807, 2.05) is 37.3 Å². The van der Waals surface area contributed by atoms with Crippen molar-refractivity contribution >= 4 is 22.9 Å². The molecule has 1 aromatic carbocycles. The SMILES string of the molecule is Cc1ccc2nc(C3=CC=NC=CC3)oc2c1. The molecule has 0 unspecified atom stereocenters. The Morgan fingerprint density at radius 2 is 2.24 bits per heavy atom. The van der Waals surface area contributed by atoms with Crippen LogP contribution in [0.1, 0.15) is 17.9 Å². The van der Waals surface area contributed by atoms with Gasteiger partial charge in [0.25, 0.3) is 0 Å². The molecule has 1 aliphatic rings. The normalized spacial score (nSPS) is 15.0. The third-order valence-electron chi connectivity index (χ3n) is 2.71. The predicted molar refractivity (Wildman–Crippen MR) is 69.0 cm³/mol.